The Morgan fingerprint density at radius 1 is 1.40 bits per heavy atom. The van der Waals surface area contributed by atoms with Crippen LogP contribution in [-0.4, -0.2) is 34.7 Å². The lowest BCUT2D eigenvalue weighted by atomic mass is 10.2. The molecule has 0 radical (unpaired) electrons. The minimum Gasteiger partial charge on any atom is -0.360 e. The maximum absolute atomic E-state index is 4.26. The van der Waals surface area contributed by atoms with Crippen LogP contribution in [0.5, 0.6) is 0 Å². The molecule has 0 saturated heterocycles. The number of anilines is 1. The minimum absolute atomic E-state index is 0.504. The first-order valence-corrected chi connectivity index (χ1v) is 8.67. The van der Waals surface area contributed by atoms with E-state index in [0.29, 0.717) is 6.04 Å². The van der Waals surface area contributed by atoms with E-state index in [1.165, 1.54) is 4.88 Å². The fourth-order valence-corrected chi connectivity index (χ4v) is 3.52. The highest BCUT2D eigenvalue weighted by Gasteiger charge is 2.13. The second-order valence-corrected chi connectivity index (χ2v) is 7.07. The predicted molar refractivity (Wildman–Crippen MR) is 87.6 cm³/mol. The number of nitrogens with zero attached hydrogens (tertiary/aromatic N) is 3. The highest BCUT2D eigenvalue weighted by Crippen LogP contribution is 2.19. The van der Waals surface area contributed by atoms with Gasteiger partial charge in [-0.1, -0.05) is 24.3 Å². The number of rotatable bonds is 8. The third-order valence-corrected chi connectivity index (χ3v) is 4.97. The standard InChI is InChI=1S/C14H22N4S2/c1-4-7-15-14-17-16-13(20-14)10-18(3)11(2)9-12-6-5-8-19-12/h5-6,8,11H,4,7,9-10H2,1-3H3,(H,15,17). The van der Waals surface area contributed by atoms with E-state index in [0.717, 1.165) is 36.1 Å². The molecule has 4 nitrogen and oxygen atoms in total. The number of hydrogen-bond acceptors (Lipinski definition) is 6. The quantitative estimate of drug-likeness (QED) is 0.810. The predicted octanol–water partition coefficient (Wildman–Crippen LogP) is 3.48. The molecule has 0 amide bonds. The molecule has 0 aliphatic carbocycles. The molecule has 2 aromatic heterocycles. The largest absolute Gasteiger partial charge is 0.360 e. The van der Waals surface area contributed by atoms with Gasteiger partial charge in [-0.3, -0.25) is 4.90 Å². The molecule has 0 aliphatic rings. The molecule has 2 rings (SSSR count). The Labute approximate surface area is 128 Å². The van der Waals surface area contributed by atoms with Crippen molar-refractivity contribution in [2.45, 2.75) is 39.3 Å². The fraction of sp³-hybridized carbons (Fsp3) is 0.571. The average Bonchev–Trinajstić information content (AvgIpc) is 3.08. The Bertz CT molecular complexity index is 495. The Kier molecular flexibility index (Phi) is 5.94. The molecule has 2 aromatic rings. The van der Waals surface area contributed by atoms with Gasteiger partial charge in [0.1, 0.15) is 5.01 Å². The fourth-order valence-electron chi connectivity index (χ4n) is 1.87. The zero-order valence-electron chi connectivity index (χ0n) is 12.3. The zero-order chi connectivity index (χ0) is 14.4. The van der Waals surface area contributed by atoms with Crippen molar-refractivity contribution in [1.29, 1.82) is 0 Å². The molecule has 0 aliphatic heterocycles. The molecule has 110 valence electrons. The lowest BCUT2D eigenvalue weighted by Gasteiger charge is -2.22. The summed E-state index contributed by atoms with van der Waals surface area (Å²) >= 11 is 3.48. The van der Waals surface area contributed by atoms with E-state index in [2.05, 4.69) is 58.8 Å². The lowest BCUT2D eigenvalue weighted by Crippen LogP contribution is -2.30. The van der Waals surface area contributed by atoms with Gasteiger partial charge in [0.25, 0.3) is 0 Å². The van der Waals surface area contributed by atoms with Gasteiger partial charge >= 0.3 is 0 Å². The summed E-state index contributed by atoms with van der Waals surface area (Å²) < 4.78 is 0. The second kappa shape index (κ2) is 7.71. The number of nitrogens with one attached hydrogen (secondary N) is 1. The monoisotopic (exact) mass is 310 g/mol. The first kappa shape index (κ1) is 15.4. The van der Waals surface area contributed by atoms with E-state index in [1.54, 1.807) is 11.3 Å². The van der Waals surface area contributed by atoms with Crippen molar-refractivity contribution < 1.29 is 0 Å². The second-order valence-electron chi connectivity index (χ2n) is 4.98. The van der Waals surface area contributed by atoms with Crippen LogP contribution < -0.4 is 5.32 Å². The van der Waals surface area contributed by atoms with Crippen LogP contribution in [0.1, 0.15) is 30.2 Å². The summed E-state index contributed by atoms with van der Waals surface area (Å²) in [6.45, 7) is 6.23. The highest BCUT2D eigenvalue weighted by molar-refractivity contribution is 7.15. The molecule has 1 atom stereocenters. The molecule has 1 N–H and O–H groups in total. The van der Waals surface area contributed by atoms with Gasteiger partial charge in [-0.15, -0.1) is 21.5 Å². The molecular weight excluding hydrogens is 288 g/mol. The van der Waals surface area contributed by atoms with Gasteiger partial charge in [0.15, 0.2) is 0 Å². The SMILES string of the molecule is CCCNc1nnc(CN(C)C(C)Cc2cccs2)s1. The molecule has 0 fully saturated rings. The number of hydrogen-bond donors (Lipinski definition) is 1. The lowest BCUT2D eigenvalue weighted by molar-refractivity contribution is 0.248. The summed E-state index contributed by atoms with van der Waals surface area (Å²) in [5.41, 5.74) is 0. The molecule has 0 aromatic carbocycles. The summed E-state index contributed by atoms with van der Waals surface area (Å²) in [7, 11) is 2.15. The van der Waals surface area contributed by atoms with Gasteiger partial charge in [0, 0.05) is 17.5 Å². The molecule has 20 heavy (non-hydrogen) atoms. The van der Waals surface area contributed by atoms with Gasteiger partial charge in [-0.25, -0.2) is 0 Å². The first-order chi connectivity index (χ1) is 9.69. The van der Waals surface area contributed by atoms with Crippen LogP contribution in [-0.2, 0) is 13.0 Å². The molecule has 0 bridgehead atoms. The third kappa shape index (κ3) is 4.54. The molecule has 6 heteroatoms. The molecule has 0 saturated carbocycles. The van der Waals surface area contributed by atoms with Gasteiger partial charge in [0.05, 0.1) is 6.54 Å². The van der Waals surface area contributed by atoms with Gasteiger partial charge < -0.3 is 5.32 Å². The van der Waals surface area contributed by atoms with Crippen LogP contribution in [0.2, 0.25) is 0 Å². The van der Waals surface area contributed by atoms with Crippen LogP contribution in [0.25, 0.3) is 0 Å². The minimum atomic E-state index is 0.504. The van der Waals surface area contributed by atoms with Gasteiger partial charge in [-0.05, 0) is 38.3 Å². The Morgan fingerprint density at radius 2 is 2.25 bits per heavy atom. The van der Waals surface area contributed by atoms with Crippen LogP contribution in [0.4, 0.5) is 5.13 Å². The summed E-state index contributed by atoms with van der Waals surface area (Å²) in [5, 5.41) is 15.9. The third-order valence-electron chi connectivity index (χ3n) is 3.21. The Hall–Kier alpha value is -0.980. The maximum atomic E-state index is 4.26. The molecule has 0 spiro atoms. The number of thiophene rings is 1. The van der Waals surface area contributed by atoms with Crippen molar-refractivity contribution in [3.63, 3.8) is 0 Å². The van der Waals surface area contributed by atoms with E-state index in [1.807, 2.05) is 11.3 Å². The van der Waals surface area contributed by atoms with E-state index >= 15 is 0 Å². The van der Waals surface area contributed by atoms with Crippen molar-refractivity contribution in [2.24, 2.45) is 0 Å². The number of likely N-dealkylation sites (N-methyl/N-ethyl adjacent to an activating group) is 1. The van der Waals surface area contributed by atoms with Crippen molar-refractivity contribution in [2.75, 3.05) is 18.9 Å². The van der Waals surface area contributed by atoms with Gasteiger partial charge in [-0.2, -0.15) is 0 Å². The van der Waals surface area contributed by atoms with Crippen molar-refractivity contribution in [3.05, 3.63) is 27.4 Å². The summed E-state index contributed by atoms with van der Waals surface area (Å²) in [6, 6.07) is 4.82. The smallest absolute Gasteiger partial charge is 0.205 e. The van der Waals surface area contributed by atoms with Gasteiger partial charge in [0.2, 0.25) is 5.13 Å². The Balaban J connectivity index is 1.83. The topological polar surface area (TPSA) is 41.1 Å². The Morgan fingerprint density at radius 3 is 2.95 bits per heavy atom. The normalized spacial score (nSPS) is 12.8. The van der Waals surface area contributed by atoms with E-state index in [-0.39, 0.29) is 0 Å². The number of aromatic nitrogens is 2. The summed E-state index contributed by atoms with van der Waals surface area (Å²) in [4.78, 5) is 3.77. The van der Waals surface area contributed by atoms with Crippen LogP contribution in [0.3, 0.4) is 0 Å². The van der Waals surface area contributed by atoms with E-state index in [4.69, 9.17) is 0 Å². The van der Waals surface area contributed by atoms with Crippen LogP contribution in [0.15, 0.2) is 17.5 Å². The molecule has 2 heterocycles. The van der Waals surface area contributed by atoms with Crippen LogP contribution in [0, 0.1) is 0 Å². The molecule has 1 unspecified atom stereocenters. The highest BCUT2D eigenvalue weighted by atomic mass is 32.1. The summed E-state index contributed by atoms with van der Waals surface area (Å²) in [6.07, 6.45) is 2.20. The van der Waals surface area contributed by atoms with Crippen LogP contribution >= 0.6 is 22.7 Å². The summed E-state index contributed by atoms with van der Waals surface area (Å²) in [5.74, 6) is 0. The van der Waals surface area contributed by atoms with E-state index in [9.17, 15) is 0 Å². The molecular formula is C14H22N4S2. The van der Waals surface area contributed by atoms with E-state index < -0.39 is 0 Å². The first-order valence-electron chi connectivity index (χ1n) is 6.98. The average molecular weight is 310 g/mol. The maximum Gasteiger partial charge on any atom is 0.205 e. The van der Waals surface area contributed by atoms with Crippen molar-refractivity contribution >= 4 is 27.8 Å². The zero-order valence-corrected chi connectivity index (χ0v) is 13.9. The van der Waals surface area contributed by atoms with Crippen molar-refractivity contribution in [3.8, 4) is 0 Å². The van der Waals surface area contributed by atoms with Crippen molar-refractivity contribution in [1.82, 2.24) is 15.1 Å².